The quantitative estimate of drug-likeness (QED) is 0.453. The van der Waals surface area contributed by atoms with Crippen LogP contribution in [-0.2, 0) is 14.3 Å². The van der Waals surface area contributed by atoms with Crippen LogP contribution in [0.5, 0.6) is 0 Å². The Hall–Kier alpha value is -1.14. The average Bonchev–Trinajstić information content (AvgIpc) is 2.19. The molecule has 0 bridgehead atoms. The molecule has 3 N–H and O–H groups in total. The van der Waals surface area contributed by atoms with Crippen molar-refractivity contribution < 1.29 is 14.3 Å². The maximum atomic E-state index is 11.4. The first-order valence-corrected chi connectivity index (χ1v) is 4.50. The molecule has 1 atom stereocenters. The highest BCUT2D eigenvalue weighted by molar-refractivity contribution is 5.86. The van der Waals surface area contributed by atoms with Crippen molar-refractivity contribution in [1.82, 2.24) is 16.0 Å². The Morgan fingerprint density at radius 2 is 2.50 bits per heavy atom. The van der Waals surface area contributed by atoms with Gasteiger partial charge in [-0.15, -0.1) is 0 Å². The summed E-state index contributed by atoms with van der Waals surface area (Å²) in [6.07, 6.45) is 0. The van der Waals surface area contributed by atoms with E-state index < -0.39 is 0 Å². The molecule has 1 unspecified atom stereocenters. The van der Waals surface area contributed by atoms with Gasteiger partial charge in [0.1, 0.15) is 6.04 Å². The molecule has 0 radical (unpaired) electrons. The largest absolute Gasteiger partial charge is 0.383 e. The van der Waals surface area contributed by atoms with Gasteiger partial charge in [-0.25, -0.2) is 0 Å². The first-order valence-electron chi connectivity index (χ1n) is 4.50. The summed E-state index contributed by atoms with van der Waals surface area (Å²) in [5, 5.41) is 8.13. The molecule has 6 nitrogen and oxygen atoms in total. The van der Waals surface area contributed by atoms with Gasteiger partial charge in [-0.05, 0) is 0 Å². The van der Waals surface area contributed by atoms with Crippen LogP contribution in [0.3, 0.4) is 0 Å². The molecule has 1 rings (SSSR count). The van der Waals surface area contributed by atoms with Crippen molar-refractivity contribution in [2.75, 3.05) is 33.4 Å². The number of amides is 2. The fraction of sp³-hybridized carbons (Fsp3) is 0.750. The highest BCUT2D eigenvalue weighted by Crippen LogP contribution is 1.87. The van der Waals surface area contributed by atoms with E-state index in [0.717, 1.165) is 0 Å². The molecule has 0 aromatic carbocycles. The fourth-order valence-corrected chi connectivity index (χ4v) is 1.15. The molecule has 14 heavy (non-hydrogen) atoms. The van der Waals surface area contributed by atoms with Gasteiger partial charge in [0.05, 0.1) is 13.2 Å². The minimum absolute atomic E-state index is 0.0778. The first kappa shape index (κ1) is 10.9. The van der Waals surface area contributed by atoms with Gasteiger partial charge in [-0.1, -0.05) is 0 Å². The van der Waals surface area contributed by atoms with Crippen molar-refractivity contribution in [3.8, 4) is 0 Å². The highest BCUT2D eigenvalue weighted by atomic mass is 16.5. The van der Waals surface area contributed by atoms with Gasteiger partial charge in [0.25, 0.3) is 0 Å². The summed E-state index contributed by atoms with van der Waals surface area (Å²) in [5.41, 5.74) is 0. The summed E-state index contributed by atoms with van der Waals surface area (Å²) in [7, 11) is 1.57. The molecule has 0 saturated carbocycles. The van der Waals surface area contributed by atoms with E-state index in [9.17, 15) is 9.59 Å². The maximum absolute atomic E-state index is 11.4. The van der Waals surface area contributed by atoms with Gasteiger partial charge < -0.3 is 15.4 Å². The number of hydrogen-bond donors (Lipinski definition) is 3. The van der Waals surface area contributed by atoms with E-state index in [4.69, 9.17) is 4.74 Å². The standard InChI is InChI=1S/C8H15N3O3/c1-14-3-2-9-8(13)6-4-11-7(12)5-10-6/h6,10H,2-5H2,1H3,(H,9,13)(H,11,12). The van der Waals surface area contributed by atoms with Gasteiger partial charge in [-0.2, -0.15) is 0 Å². The van der Waals surface area contributed by atoms with Crippen molar-refractivity contribution >= 4 is 11.8 Å². The van der Waals surface area contributed by atoms with Crippen molar-refractivity contribution in [3.63, 3.8) is 0 Å². The zero-order chi connectivity index (χ0) is 10.4. The van der Waals surface area contributed by atoms with Crippen LogP contribution in [0.25, 0.3) is 0 Å². The SMILES string of the molecule is COCCNC(=O)C1CNC(=O)CN1. The normalized spacial score (nSPS) is 21.5. The Morgan fingerprint density at radius 1 is 1.71 bits per heavy atom. The van der Waals surface area contributed by atoms with Gasteiger partial charge in [0.15, 0.2) is 0 Å². The van der Waals surface area contributed by atoms with E-state index in [1.165, 1.54) is 0 Å². The summed E-state index contributed by atoms with van der Waals surface area (Å²) in [5.74, 6) is -0.187. The van der Waals surface area contributed by atoms with Gasteiger partial charge >= 0.3 is 0 Å². The second kappa shape index (κ2) is 5.56. The molecule has 1 aliphatic rings. The monoisotopic (exact) mass is 201 g/mol. The van der Waals surface area contributed by atoms with Crippen LogP contribution in [0.1, 0.15) is 0 Å². The Morgan fingerprint density at radius 3 is 3.07 bits per heavy atom. The fourth-order valence-electron chi connectivity index (χ4n) is 1.15. The van der Waals surface area contributed by atoms with E-state index >= 15 is 0 Å². The van der Waals surface area contributed by atoms with Gasteiger partial charge in [-0.3, -0.25) is 14.9 Å². The lowest BCUT2D eigenvalue weighted by atomic mass is 10.2. The minimum atomic E-state index is -0.329. The topological polar surface area (TPSA) is 79.5 Å². The summed E-state index contributed by atoms with van der Waals surface area (Å²) < 4.78 is 4.79. The lowest BCUT2D eigenvalue weighted by Gasteiger charge is -2.22. The summed E-state index contributed by atoms with van der Waals surface area (Å²) in [6.45, 7) is 1.52. The van der Waals surface area contributed by atoms with Crippen molar-refractivity contribution in [3.05, 3.63) is 0 Å². The van der Waals surface area contributed by atoms with E-state index in [1.807, 2.05) is 0 Å². The van der Waals surface area contributed by atoms with Crippen LogP contribution >= 0.6 is 0 Å². The molecule has 80 valence electrons. The first-order chi connectivity index (χ1) is 6.74. The van der Waals surface area contributed by atoms with Crippen LogP contribution < -0.4 is 16.0 Å². The second-order valence-electron chi connectivity index (χ2n) is 3.02. The zero-order valence-corrected chi connectivity index (χ0v) is 8.13. The Labute approximate surface area is 82.4 Å². The number of piperazine rings is 1. The number of carbonyl (C=O) groups excluding carboxylic acids is 2. The summed E-state index contributed by atoms with van der Waals surface area (Å²) in [4.78, 5) is 22.2. The third kappa shape index (κ3) is 3.31. The summed E-state index contributed by atoms with van der Waals surface area (Å²) in [6, 6.07) is -0.329. The van der Waals surface area contributed by atoms with Crippen LogP contribution in [0.2, 0.25) is 0 Å². The molecule has 1 aliphatic heterocycles. The van der Waals surface area contributed by atoms with E-state index in [-0.39, 0.29) is 24.4 Å². The average molecular weight is 201 g/mol. The molecular formula is C8H15N3O3. The molecule has 0 spiro atoms. The van der Waals surface area contributed by atoms with Gasteiger partial charge in [0, 0.05) is 20.2 Å². The van der Waals surface area contributed by atoms with E-state index in [1.54, 1.807) is 7.11 Å². The number of hydrogen-bond acceptors (Lipinski definition) is 4. The number of ether oxygens (including phenoxy) is 1. The summed E-state index contributed by atoms with van der Waals surface area (Å²) >= 11 is 0. The molecule has 0 aromatic heterocycles. The van der Waals surface area contributed by atoms with Gasteiger partial charge in [0.2, 0.25) is 11.8 Å². The maximum Gasteiger partial charge on any atom is 0.239 e. The second-order valence-corrected chi connectivity index (χ2v) is 3.02. The van der Waals surface area contributed by atoms with Crippen molar-refractivity contribution in [2.24, 2.45) is 0 Å². The number of methoxy groups -OCH3 is 1. The number of nitrogens with one attached hydrogen (secondary N) is 3. The minimum Gasteiger partial charge on any atom is -0.383 e. The van der Waals surface area contributed by atoms with E-state index in [0.29, 0.717) is 19.7 Å². The Bertz CT molecular complexity index is 210. The smallest absolute Gasteiger partial charge is 0.239 e. The number of carbonyl (C=O) groups is 2. The third-order valence-corrected chi connectivity index (χ3v) is 1.93. The van der Waals surface area contributed by atoms with Crippen LogP contribution in [0, 0.1) is 0 Å². The molecular weight excluding hydrogens is 186 g/mol. The van der Waals surface area contributed by atoms with Crippen LogP contribution in [0.4, 0.5) is 0 Å². The molecule has 6 heteroatoms. The van der Waals surface area contributed by atoms with E-state index in [2.05, 4.69) is 16.0 Å². The Balaban J connectivity index is 2.20. The molecule has 1 heterocycles. The third-order valence-electron chi connectivity index (χ3n) is 1.93. The lowest BCUT2D eigenvalue weighted by molar-refractivity contribution is -0.126. The molecule has 0 aliphatic carbocycles. The zero-order valence-electron chi connectivity index (χ0n) is 8.13. The predicted octanol–water partition coefficient (Wildman–Crippen LogP) is -2.16. The predicted molar refractivity (Wildman–Crippen MR) is 49.7 cm³/mol. The molecule has 0 aromatic rings. The highest BCUT2D eigenvalue weighted by Gasteiger charge is 2.22. The number of rotatable bonds is 4. The van der Waals surface area contributed by atoms with Crippen LogP contribution in [0.15, 0.2) is 0 Å². The Kier molecular flexibility index (Phi) is 4.34. The molecule has 2 amide bonds. The van der Waals surface area contributed by atoms with Crippen molar-refractivity contribution in [2.45, 2.75) is 6.04 Å². The lowest BCUT2D eigenvalue weighted by Crippen LogP contribution is -2.58. The molecule has 1 saturated heterocycles. The molecule has 1 fully saturated rings. The van der Waals surface area contributed by atoms with Crippen LogP contribution in [-0.4, -0.2) is 51.2 Å². The van der Waals surface area contributed by atoms with Crippen molar-refractivity contribution in [1.29, 1.82) is 0 Å².